The average Bonchev–Trinajstić information content (AvgIpc) is 2.89. The van der Waals surface area contributed by atoms with Gasteiger partial charge in [0, 0.05) is 21.1 Å². The second-order valence-electron chi connectivity index (χ2n) is 7.65. The number of aryl methyl sites for hydroxylation is 1. The van der Waals surface area contributed by atoms with Gasteiger partial charge in [0.15, 0.2) is 0 Å². The Bertz CT molecular complexity index is 863. The summed E-state index contributed by atoms with van der Waals surface area (Å²) >= 11 is 3.48. The molecule has 1 aromatic carbocycles. The number of hydrogen-bond donors (Lipinski definition) is 1. The second-order valence-corrected chi connectivity index (χ2v) is 8.57. The Morgan fingerprint density at radius 3 is 2.69 bits per heavy atom. The van der Waals surface area contributed by atoms with E-state index in [0.717, 1.165) is 39.5 Å². The highest BCUT2D eigenvalue weighted by Crippen LogP contribution is 2.36. The minimum absolute atomic E-state index is 0.163. The fraction of sp³-hybridized carbons (Fsp3) is 0.500. The van der Waals surface area contributed by atoms with Crippen molar-refractivity contribution >= 4 is 38.8 Å². The van der Waals surface area contributed by atoms with E-state index < -0.39 is 5.60 Å². The third kappa shape index (κ3) is 3.80. The summed E-state index contributed by atoms with van der Waals surface area (Å²) in [6, 6.07) is 3.75. The van der Waals surface area contributed by atoms with Crippen LogP contribution in [0.2, 0.25) is 0 Å². The molecule has 140 valence electrons. The van der Waals surface area contributed by atoms with Crippen molar-refractivity contribution in [3.8, 4) is 0 Å². The molecule has 0 fully saturated rings. The highest BCUT2D eigenvalue weighted by Gasteiger charge is 2.31. The summed E-state index contributed by atoms with van der Waals surface area (Å²) < 4.78 is 11.6. The Balaban J connectivity index is 2.06. The zero-order valence-corrected chi connectivity index (χ0v) is 17.2. The molecule has 1 N–H and O–H groups in total. The lowest BCUT2D eigenvalue weighted by Gasteiger charge is -2.22. The van der Waals surface area contributed by atoms with Crippen LogP contribution in [-0.2, 0) is 27.1 Å². The highest BCUT2D eigenvalue weighted by atomic mass is 79.9. The topological polar surface area (TPSA) is 68.4 Å². The fourth-order valence-electron chi connectivity index (χ4n) is 3.48. The Labute approximate surface area is 161 Å². The lowest BCUT2D eigenvalue weighted by molar-refractivity contribution is -0.148. The molecule has 1 unspecified atom stereocenters. The van der Waals surface area contributed by atoms with Crippen LogP contribution >= 0.6 is 15.9 Å². The van der Waals surface area contributed by atoms with E-state index in [1.54, 1.807) is 6.07 Å². The number of carbonyl (C=O) groups is 2. The number of carbonyl (C=O) groups excluding carboxylic acids is 2. The van der Waals surface area contributed by atoms with Crippen LogP contribution in [0.25, 0.3) is 10.9 Å². The Morgan fingerprint density at radius 1 is 1.31 bits per heavy atom. The van der Waals surface area contributed by atoms with Crippen LogP contribution in [0.1, 0.15) is 55.7 Å². The van der Waals surface area contributed by atoms with E-state index in [1.807, 2.05) is 33.8 Å². The van der Waals surface area contributed by atoms with Crippen molar-refractivity contribution in [2.24, 2.45) is 5.92 Å². The quantitative estimate of drug-likeness (QED) is 0.737. The molecular weight excluding hydrogens is 398 g/mol. The first-order valence-corrected chi connectivity index (χ1v) is 9.72. The molecule has 3 rings (SSSR count). The number of aromatic nitrogens is 1. The van der Waals surface area contributed by atoms with Gasteiger partial charge < -0.3 is 14.5 Å². The maximum Gasteiger partial charge on any atom is 0.339 e. The molecule has 0 bridgehead atoms. The molecule has 0 saturated carbocycles. The van der Waals surface area contributed by atoms with E-state index in [2.05, 4.69) is 20.9 Å². The third-order valence-corrected chi connectivity index (χ3v) is 4.94. The summed E-state index contributed by atoms with van der Waals surface area (Å²) in [7, 11) is 0. The molecule has 0 spiro atoms. The number of benzene rings is 1. The SMILES string of the molecule is CCOC(=O)C1CCc2[nH]c3cc(Br)cc(C(=O)OC(C)(C)C)c3c2C1. The predicted molar refractivity (Wildman–Crippen MR) is 103 cm³/mol. The minimum Gasteiger partial charge on any atom is -0.466 e. The zero-order chi connectivity index (χ0) is 19.1. The van der Waals surface area contributed by atoms with Crippen molar-refractivity contribution < 1.29 is 19.1 Å². The van der Waals surface area contributed by atoms with Crippen molar-refractivity contribution in [1.29, 1.82) is 0 Å². The summed E-state index contributed by atoms with van der Waals surface area (Å²) in [4.78, 5) is 28.4. The number of esters is 2. The van der Waals surface area contributed by atoms with Crippen molar-refractivity contribution in [2.45, 2.75) is 52.6 Å². The fourth-order valence-corrected chi connectivity index (χ4v) is 3.94. The van der Waals surface area contributed by atoms with Gasteiger partial charge in [0.05, 0.1) is 18.1 Å². The Morgan fingerprint density at radius 2 is 2.04 bits per heavy atom. The molecule has 5 nitrogen and oxygen atoms in total. The molecule has 0 aliphatic heterocycles. The lowest BCUT2D eigenvalue weighted by Crippen LogP contribution is -2.25. The predicted octanol–water partition coefficient (Wildman–Crippen LogP) is 4.55. The number of fused-ring (bicyclic) bond motifs is 3. The van der Waals surface area contributed by atoms with Gasteiger partial charge in [-0.1, -0.05) is 15.9 Å². The molecule has 26 heavy (non-hydrogen) atoms. The standard InChI is InChI=1S/C20H24BrNO4/c1-5-25-18(23)11-6-7-15-13(8-11)17-14(19(24)26-20(2,3)4)9-12(21)10-16(17)22-15/h9-11,22H,5-8H2,1-4H3. The van der Waals surface area contributed by atoms with Crippen LogP contribution in [0.15, 0.2) is 16.6 Å². The summed E-state index contributed by atoms with van der Waals surface area (Å²) in [5.41, 5.74) is 2.94. The largest absolute Gasteiger partial charge is 0.466 e. The number of rotatable bonds is 3. The number of hydrogen-bond acceptors (Lipinski definition) is 4. The summed E-state index contributed by atoms with van der Waals surface area (Å²) in [6.07, 6.45) is 2.09. The summed E-state index contributed by atoms with van der Waals surface area (Å²) in [5, 5.41) is 0.853. The van der Waals surface area contributed by atoms with E-state index in [4.69, 9.17) is 9.47 Å². The van der Waals surface area contributed by atoms with Crippen molar-refractivity contribution in [3.63, 3.8) is 0 Å². The second kappa shape index (κ2) is 7.06. The smallest absolute Gasteiger partial charge is 0.339 e. The van der Waals surface area contributed by atoms with Gasteiger partial charge in [-0.05, 0) is 64.7 Å². The molecule has 0 amide bonds. The maximum atomic E-state index is 12.8. The molecule has 1 atom stereocenters. The molecule has 6 heteroatoms. The Hall–Kier alpha value is -1.82. The van der Waals surface area contributed by atoms with Crippen LogP contribution in [0.3, 0.4) is 0 Å². The maximum absolute atomic E-state index is 12.8. The van der Waals surface area contributed by atoms with Gasteiger partial charge in [0.25, 0.3) is 0 Å². The number of halogens is 1. The van der Waals surface area contributed by atoms with E-state index in [9.17, 15) is 9.59 Å². The molecule has 0 saturated heterocycles. The van der Waals surface area contributed by atoms with Crippen molar-refractivity contribution in [2.75, 3.05) is 6.61 Å². The molecule has 1 heterocycles. The molecule has 1 aliphatic carbocycles. The Kier molecular flexibility index (Phi) is 5.15. The highest BCUT2D eigenvalue weighted by molar-refractivity contribution is 9.10. The first-order chi connectivity index (χ1) is 12.2. The van der Waals surface area contributed by atoms with E-state index in [0.29, 0.717) is 18.6 Å². The van der Waals surface area contributed by atoms with Crippen LogP contribution in [-0.4, -0.2) is 29.1 Å². The number of ether oxygens (including phenoxy) is 2. The van der Waals surface area contributed by atoms with Gasteiger partial charge in [-0.3, -0.25) is 4.79 Å². The molecule has 1 aromatic heterocycles. The monoisotopic (exact) mass is 421 g/mol. The third-order valence-electron chi connectivity index (χ3n) is 4.49. The van der Waals surface area contributed by atoms with E-state index in [1.165, 1.54) is 0 Å². The van der Waals surface area contributed by atoms with Gasteiger partial charge >= 0.3 is 11.9 Å². The van der Waals surface area contributed by atoms with Gasteiger partial charge in [0.1, 0.15) is 5.60 Å². The van der Waals surface area contributed by atoms with Crippen LogP contribution in [0.5, 0.6) is 0 Å². The summed E-state index contributed by atoms with van der Waals surface area (Å²) in [6.45, 7) is 7.75. The van der Waals surface area contributed by atoms with Crippen molar-refractivity contribution in [1.82, 2.24) is 4.98 Å². The van der Waals surface area contributed by atoms with Crippen molar-refractivity contribution in [3.05, 3.63) is 33.4 Å². The average molecular weight is 422 g/mol. The van der Waals surface area contributed by atoms with Crippen LogP contribution in [0.4, 0.5) is 0 Å². The van der Waals surface area contributed by atoms with Gasteiger partial charge in [0.2, 0.25) is 0 Å². The first kappa shape index (κ1) is 19.0. The summed E-state index contributed by atoms with van der Waals surface area (Å²) in [5.74, 6) is -0.691. The molecule has 2 aromatic rings. The first-order valence-electron chi connectivity index (χ1n) is 8.92. The van der Waals surface area contributed by atoms with Gasteiger partial charge in [-0.15, -0.1) is 0 Å². The number of nitrogens with one attached hydrogen (secondary N) is 1. The van der Waals surface area contributed by atoms with Gasteiger partial charge in [-0.2, -0.15) is 0 Å². The molecule has 0 radical (unpaired) electrons. The van der Waals surface area contributed by atoms with Crippen LogP contribution in [0, 0.1) is 5.92 Å². The van der Waals surface area contributed by atoms with E-state index >= 15 is 0 Å². The normalized spacial score (nSPS) is 17.0. The zero-order valence-electron chi connectivity index (χ0n) is 15.6. The molecular formula is C20H24BrNO4. The lowest BCUT2D eigenvalue weighted by atomic mass is 9.85. The number of H-pyrrole nitrogens is 1. The van der Waals surface area contributed by atoms with Crippen LogP contribution < -0.4 is 0 Å². The van der Waals surface area contributed by atoms with Gasteiger partial charge in [-0.25, -0.2) is 4.79 Å². The number of aromatic amines is 1. The van der Waals surface area contributed by atoms with E-state index in [-0.39, 0.29) is 17.9 Å². The minimum atomic E-state index is -0.574. The molecule has 1 aliphatic rings.